The first kappa shape index (κ1) is 14.1. The van der Waals surface area contributed by atoms with E-state index < -0.39 is 0 Å². The molecule has 0 spiro atoms. The van der Waals surface area contributed by atoms with E-state index in [0.29, 0.717) is 12.1 Å². The van der Waals surface area contributed by atoms with Crippen molar-refractivity contribution in [3.8, 4) is 0 Å². The summed E-state index contributed by atoms with van der Waals surface area (Å²) >= 11 is 0. The van der Waals surface area contributed by atoms with Gasteiger partial charge >= 0.3 is 5.97 Å². The molecule has 2 unspecified atom stereocenters. The lowest BCUT2D eigenvalue weighted by molar-refractivity contribution is 0.0600. The number of esters is 1. The molecule has 1 fully saturated rings. The van der Waals surface area contributed by atoms with Crippen molar-refractivity contribution in [1.29, 1.82) is 0 Å². The number of rotatable bonds is 5. The number of methoxy groups -OCH3 is 1. The highest BCUT2D eigenvalue weighted by molar-refractivity contribution is 5.88. The highest BCUT2D eigenvalue weighted by Crippen LogP contribution is 2.28. The topological polar surface area (TPSA) is 51.5 Å². The maximum Gasteiger partial charge on any atom is 0.341 e. The van der Waals surface area contributed by atoms with Gasteiger partial charge in [0, 0.05) is 0 Å². The van der Waals surface area contributed by atoms with E-state index in [2.05, 4.69) is 17.0 Å². The van der Waals surface area contributed by atoms with Crippen LogP contribution in [-0.2, 0) is 11.3 Å². The van der Waals surface area contributed by atoms with Crippen molar-refractivity contribution in [3.05, 3.63) is 23.7 Å². The Balaban J connectivity index is 1.76. The number of hydrogen-bond donors (Lipinski definition) is 1. The quantitative estimate of drug-likeness (QED) is 0.832. The van der Waals surface area contributed by atoms with Gasteiger partial charge in [-0.1, -0.05) is 26.2 Å². The van der Waals surface area contributed by atoms with Gasteiger partial charge in [-0.2, -0.15) is 0 Å². The van der Waals surface area contributed by atoms with Crippen LogP contribution in [0.25, 0.3) is 0 Å². The van der Waals surface area contributed by atoms with Gasteiger partial charge in [0.15, 0.2) is 0 Å². The van der Waals surface area contributed by atoms with Crippen molar-refractivity contribution in [2.45, 2.75) is 39.2 Å². The Labute approximate surface area is 114 Å². The molecule has 0 bridgehead atoms. The van der Waals surface area contributed by atoms with E-state index >= 15 is 0 Å². The molecule has 0 radical (unpaired) electrons. The van der Waals surface area contributed by atoms with Crippen LogP contribution in [0.1, 0.15) is 48.7 Å². The van der Waals surface area contributed by atoms with Gasteiger partial charge in [-0.3, -0.25) is 0 Å². The van der Waals surface area contributed by atoms with Crippen LogP contribution in [0, 0.1) is 11.8 Å². The summed E-state index contributed by atoms with van der Waals surface area (Å²) in [4.78, 5) is 11.3. The van der Waals surface area contributed by atoms with Crippen LogP contribution in [0.5, 0.6) is 0 Å². The van der Waals surface area contributed by atoms with E-state index in [0.717, 1.165) is 24.1 Å². The summed E-state index contributed by atoms with van der Waals surface area (Å²) in [6, 6.07) is 1.74. The summed E-state index contributed by atoms with van der Waals surface area (Å²) in [7, 11) is 1.37. The maximum atomic E-state index is 11.3. The van der Waals surface area contributed by atoms with E-state index in [1.54, 1.807) is 6.07 Å². The third-order valence-electron chi connectivity index (χ3n) is 4.07. The lowest BCUT2D eigenvalue weighted by Crippen LogP contribution is -2.28. The van der Waals surface area contributed by atoms with E-state index in [1.807, 2.05) is 0 Å². The average molecular weight is 265 g/mol. The van der Waals surface area contributed by atoms with E-state index in [9.17, 15) is 4.79 Å². The third-order valence-corrected chi connectivity index (χ3v) is 4.07. The molecule has 1 aromatic rings. The lowest BCUT2D eigenvalue weighted by atomic mass is 9.80. The molecule has 2 rings (SSSR count). The summed E-state index contributed by atoms with van der Waals surface area (Å²) in [5, 5.41) is 3.43. The first-order chi connectivity index (χ1) is 9.20. The summed E-state index contributed by atoms with van der Waals surface area (Å²) in [5.74, 6) is 2.01. The lowest BCUT2D eigenvalue weighted by Gasteiger charge is -2.28. The molecule has 19 heavy (non-hydrogen) atoms. The van der Waals surface area contributed by atoms with Gasteiger partial charge in [0.2, 0.25) is 0 Å². The molecule has 0 saturated heterocycles. The molecule has 1 heterocycles. The van der Waals surface area contributed by atoms with Gasteiger partial charge in [0.25, 0.3) is 0 Å². The molecule has 106 valence electrons. The van der Waals surface area contributed by atoms with Gasteiger partial charge in [0.05, 0.1) is 19.2 Å². The average Bonchev–Trinajstić information content (AvgIpc) is 2.89. The van der Waals surface area contributed by atoms with Crippen molar-refractivity contribution >= 4 is 5.97 Å². The number of ether oxygens (including phenoxy) is 1. The van der Waals surface area contributed by atoms with E-state index in [-0.39, 0.29) is 5.97 Å². The summed E-state index contributed by atoms with van der Waals surface area (Å²) in [6.07, 6.45) is 6.84. The molecule has 1 N–H and O–H groups in total. The van der Waals surface area contributed by atoms with Crippen molar-refractivity contribution in [2.75, 3.05) is 13.7 Å². The molecule has 1 aliphatic rings. The maximum absolute atomic E-state index is 11.3. The fourth-order valence-electron chi connectivity index (χ4n) is 2.78. The third kappa shape index (κ3) is 3.83. The molecule has 2 atom stereocenters. The van der Waals surface area contributed by atoms with Crippen molar-refractivity contribution in [1.82, 2.24) is 5.32 Å². The van der Waals surface area contributed by atoms with Crippen LogP contribution in [0.4, 0.5) is 0 Å². The molecule has 0 amide bonds. The number of nitrogens with one attached hydrogen (secondary N) is 1. The molecule has 0 aromatic carbocycles. The predicted molar refractivity (Wildman–Crippen MR) is 72.9 cm³/mol. The highest BCUT2D eigenvalue weighted by Gasteiger charge is 2.20. The van der Waals surface area contributed by atoms with Crippen LogP contribution in [0.15, 0.2) is 16.7 Å². The minimum atomic E-state index is -0.351. The van der Waals surface area contributed by atoms with Crippen molar-refractivity contribution < 1.29 is 13.9 Å². The molecule has 4 nitrogen and oxygen atoms in total. The van der Waals surface area contributed by atoms with Gasteiger partial charge in [-0.15, -0.1) is 0 Å². The fraction of sp³-hybridized carbons (Fsp3) is 0.667. The van der Waals surface area contributed by atoms with Gasteiger partial charge < -0.3 is 14.5 Å². The Morgan fingerprint density at radius 1 is 1.47 bits per heavy atom. The molecule has 1 saturated carbocycles. The predicted octanol–water partition coefficient (Wildman–Crippen LogP) is 2.98. The number of furan rings is 1. The van der Waals surface area contributed by atoms with Crippen LogP contribution in [-0.4, -0.2) is 19.6 Å². The van der Waals surface area contributed by atoms with Gasteiger partial charge in [-0.05, 0) is 30.9 Å². The van der Waals surface area contributed by atoms with E-state index in [1.165, 1.54) is 39.1 Å². The smallest absolute Gasteiger partial charge is 0.341 e. The van der Waals surface area contributed by atoms with Gasteiger partial charge in [-0.25, -0.2) is 4.79 Å². The fourth-order valence-corrected chi connectivity index (χ4v) is 2.78. The molecule has 0 aliphatic heterocycles. The minimum Gasteiger partial charge on any atom is -0.467 e. The number of carbonyl (C=O) groups is 1. The van der Waals surface area contributed by atoms with Crippen LogP contribution < -0.4 is 5.32 Å². The van der Waals surface area contributed by atoms with Crippen molar-refractivity contribution in [3.63, 3.8) is 0 Å². The zero-order valence-electron chi connectivity index (χ0n) is 11.8. The Bertz CT molecular complexity index is 413. The van der Waals surface area contributed by atoms with Crippen molar-refractivity contribution in [2.24, 2.45) is 11.8 Å². The molecule has 1 aliphatic carbocycles. The molecular formula is C15H23NO3. The molecule has 4 heteroatoms. The monoisotopic (exact) mass is 265 g/mol. The number of hydrogen-bond acceptors (Lipinski definition) is 4. The zero-order valence-corrected chi connectivity index (χ0v) is 11.8. The largest absolute Gasteiger partial charge is 0.467 e. The number of carbonyl (C=O) groups excluding carboxylic acids is 1. The Morgan fingerprint density at radius 3 is 3.00 bits per heavy atom. The Morgan fingerprint density at radius 2 is 2.26 bits per heavy atom. The van der Waals surface area contributed by atoms with Crippen LogP contribution >= 0.6 is 0 Å². The zero-order chi connectivity index (χ0) is 13.7. The first-order valence-electron chi connectivity index (χ1n) is 7.07. The molecular weight excluding hydrogens is 242 g/mol. The van der Waals surface area contributed by atoms with Gasteiger partial charge in [0.1, 0.15) is 12.0 Å². The van der Waals surface area contributed by atoms with Crippen LogP contribution in [0.3, 0.4) is 0 Å². The Kier molecular flexibility index (Phi) is 5.02. The van der Waals surface area contributed by atoms with E-state index in [4.69, 9.17) is 4.42 Å². The SMILES string of the molecule is COC(=O)c1coc(CNCC2CCCCC2C)c1. The van der Waals surface area contributed by atoms with Crippen LogP contribution in [0.2, 0.25) is 0 Å². The standard InChI is InChI=1S/C15H23NO3/c1-11-5-3-4-6-12(11)8-16-9-14-7-13(10-19-14)15(17)18-2/h7,10-12,16H,3-6,8-9H2,1-2H3. The second-order valence-electron chi connectivity index (χ2n) is 5.45. The summed E-state index contributed by atoms with van der Waals surface area (Å²) < 4.78 is 9.98. The summed E-state index contributed by atoms with van der Waals surface area (Å²) in [6.45, 7) is 4.03. The first-order valence-corrected chi connectivity index (χ1v) is 7.07. The Hall–Kier alpha value is -1.29. The highest BCUT2D eigenvalue weighted by atomic mass is 16.5. The second kappa shape index (κ2) is 6.75. The minimum absolute atomic E-state index is 0.351. The normalized spacial score (nSPS) is 23.3. The second-order valence-corrected chi connectivity index (χ2v) is 5.45. The summed E-state index contributed by atoms with van der Waals surface area (Å²) in [5.41, 5.74) is 0.477. The molecule has 1 aromatic heterocycles.